The highest BCUT2D eigenvalue weighted by atomic mass is 35.5. The third-order valence-electron chi connectivity index (χ3n) is 1.36. The first kappa shape index (κ1) is 10.5. The first-order valence-corrected chi connectivity index (χ1v) is 4.14. The van der Waals surface area contributed by atoms with Gasteiger partial charge >= 0.3 is 11.9 Å². The van der Waals surface area contributed by atoms with E-state index in [-0.39, 0.29) is 10.8 Å². The van der Waals surface area contributed by atoms with E-state index in [9.17, 15) is 9.59 Å². The summed E-state index contributed by atoms with van der Waals surface area (Å²) in [5.41, 5.74) is 0. The molecule has 0 heterocycles. The van der Waals surface area contributed by atoms with Gasteiger partial charge in [0.15, 0.2) is 0 Å². The zero-order chi connectivity index (χ0) is 10.6. The zero-order valence-electron chi connectivity index (χ0n) is 7.07. The lowest BCUT2D eigenvalue weighted by Gasteiger charge is -2.03. The predicted molar refractivity (Wildman–Crippen MR) is 49.3 cm³/mol. The molecule has 0 fully saturated rings. The molecule has 0 amide bonds. The number of rotatable bonds is 3. The van der Waals surface area contributed by atoms with Crippen molar-refractivity contribution in [2.75, 3.05) is 0 Å². The van der Waals surface area contributed by atoms with Gasteiger partial charge in [-0.15, -0.1) is 0 Å². The van der Waals surface area contributed by atoms with Gasteiger partial charge in [-0.25, -0.2) is 0 Å². The number of benzene rings is 1. The quantitative estimate of drug-likeness (QED) is 0.473. The number of halogens is 1. The zero-order valence-corrected chi connectivity index (χ0v) is 7.82. The second kappa shape index (κ2) is 4.62. The van der Waals surface area contributed by atoms with E-state index in [0.717, 1.165) is 0 Å². The van der Waals surface area contributed by atoms with Gasteiger partial charge in [0, 0.05) is 0 Å². The Balaban J connectivity index is 2.65. The van der Waals surface area contributed by atoms with Crippen LogP contribution in [0.2, 0.25) is 5.02 Å². The summed E-state index contributed by atoms with van der Waals surface area (Å²) in [7, 11) is 0. The Bertz CT molecular complexity index is 362. The summed E-state index contributed by atoms with van der Waals surface area (Å²) >= 11 is 5.68. The number of ether oxygens (including phenoxy) is 1. The van der Waals surface area contributed by atoms with Crippen LogP contribution in [0.1, 0.15) is 6.42 Å². The highest BCUT2D eigenvalue weighted by Crippen LogP contribution is 2.23. The summed E-state index contributed by atoms with van der Waals surface area (Å²) in [6.45, 7) is 0. The number of carbonyl (C=O) groups excluding carboxylic acids is 1. The fraction of sp³-hybridized carbons (Fsp3) is 0.111. The number of hydrogen-bond acceptors (Lipinski definition) is 3. The molecule has 1 aromatic rings. The molecular formula is C9H7ClO4. The van der Waals surface area contributed by atoms with Crippen molar-refractivity contribution in [3.05, 3.63) is 29.3 Å². The van der Waals surface area contributed by atoms with Gasteiger partial charge in [-0.1, -0.05) is 23.7 Å². The molecule has 74 valence electrons. The van der Waals surface area contributed by atoms with Gasteiger partial charge in [-0.05, 0) is 12.1 Å². The Morgan fingerprint density at radius 3 is 2.57 bits per heavy atom. The fourth-order valence-electron chi connectivity index (χ4n) is 0.810. The Labute approximate surface area is 85.1 Å². The topological polar surface area (TPSA) is 63.6 Å². The number of hydrogen-bond donors (Lipinski definition) is 1. The van der Waals surface area contributed by atoms with Gasteiger partial charge in [-0.2, -0.15) is 0 Å². The summed E-state index contributed by atoms with van der Waals surface area (Å²) in [6, 6.07) is 6.35. The standard InChI is InChI=1S/C9H7ClO4/c10-6-3-1-2-4-7(6)14-9(13)5-8(11)12/h1-4H,5H2,(H,11,12). The van der Waals surface area contributed by atoms with Crippen molar-refractivity contribution in [3.63, 3.8) is 0 Å². The molecule has 0 atom stereocenters. The maximum Gasteiger partial charge on any atom is 0.322 e. The van der Waals surface area contributed by atoms with Gasteiger partial charge < -0.3 is 9.84 Å². The molecule has 0 saturated carbocycles. The third kappa shape index (κ3) is 3.06. The van der Waals surface area contributed by atoms with E-state index in [2.05, 4.69) is 0 Å². The van der Waals surface area contributed by atoms with Gasteiger partial charge in [0.1, 0.15) is 12.2 Å². The summed E-state index contributed by atoms with van der Waals surface area (Å²) < 4.78 is 4.70. The van der Waals surface area contributed by atoms with Crippen LogP contribution in [-0.4, -0.2) is 17.0 Å². The van der Waals surface area contributed by atoms with E-state index in [0.29, 0.717) is 0 Å². The largest absolute Gasteiger partial charge is 0.481 e. The van der Waals surface area contributed by atoms with Crippen LogP contribution < -0.4 is 4.74 Å². The number of aliphatic carboxylic acids is 1. The summed E-state index contributed by atoms with van der Waals surface area (Å²) in [4.78, 5) is 21.1. The molecule has 0 unspecified atom stereocenters. The molecule has 0 aliphatic carbocycles. The van der Waals surface area contributed by atoms with Crippen LogP contribution in [0.5, 0.6) is 5.75 Å². The normalized spacial score (nSPS) is 9.50. The van der Waals surface area contributed by atoms with Gasteiger partial charge in [-0.3, -0.25) is 9.59 Å². The third-order valence-corrected chi connectivity index (χ3v) is 1.67. The lowest BCUT2D eigenvalue weighted by molar-refractivity contribution is -0.145. The molecule has 0 bridgehead atoms. The predicted octanol–water partition coefficient (Wildman–Crippen LogP) is 1.72. The highest BCUT2D eigenvalue weighted by Gasteiger charge is 2.11. The molecule has 0 saturated heterocycles. The van der Waals surface area contributed by atoms with Crippen LogP contribution in [-0.2, 0) is 9.59 Å². The van der Waals surface area contributed by atoms with Crippen LogP contribution in [0, 0.1) is 0 Å². The Hall–Kier alpha value is -1.55. The highest BCUT2D eigenvalue weighted by molar-refractivity contribution is 6.32. The van der Waals surface area contributed by atoms with Crippen molar-refractivity contribution in [1.82, 2.24) is 0 Å². The van der Waals surface area contributed by atoms with Crippen molar-refractivity contribution >= 4 is 23.5 Å². The number of para-hydroxylation sites is 1. The average molecular weight is 215 g/mol. The van der Waals surface area contributed by atoms with Crippen LogP contribution in [0.4, 0.5) is 0 Å². The summed E-state index contributed by atoms with van der Waals surface area (Å²) in [5, 5.41) is 8.57. The summed E-state index contributed by atoms with van der Waals surface area (Å²) in [5.74, 6) is -1.91. The lowest BCUT2D eigenvalue weighted by atomic mass is 10.3. The Morgan fingerprint density at radius 2 is 2.00 bits per heavy atom. The van der Waals surface area contributed by atoms with Crippen molar-refractivity contribution in [2.45, 2.75) is 6.42 Å². The van der Waals surface area contributed by atoms with E-state index in [1.54, 1.807) is 18.2 Å². The lowest BCUT2D eigenvalue weighted by Crippen LogP contribution is -2.13. The van der Waals surface area contributed by atoms with Gasteiger partial charge in [0.2, 0.25) is 0 Å². The van der Waals surface area contributed by atoms with Crippen molar-refractivity contribution < 1.29 is 19.4 Å². The molecule has 0 radical (unpaired) electrons. The van der Waals surface area contributed by atoms with E-state index in [4.69, 9.17) is 21.4 Å². The van der Waals surface area contributed by atoms with Gasteiger partial charge in [0.05, 0.1) is 5.02 Å². The van der Waals surface area contributed by atoms with Crippen LogP contribution >= 0.6 is 11.6 Å². The molecule has 0 aliphatic heterocycles. The van der Waals surface area contributed by atoms with E-state index < -0.39 is 18.4 Å². The smallest absolute Gasteiger partial charge is 0.322 e. The Kier molecular flexibility index (Phi) is 3.48. The van der Waals surface area contributed by atoms with Crippen LogP contribution in [0.25, 0.3) is 0 Å². The average Bonchev–Trinajstić information content (AvgIpc) is 2.07. The minimum atomic E-state index is -1.23. The first-order chi connectivity index (χ1) is 6.59. The molecule has 1 N–H and O–H groups in total. The summed E-state index contributed by atoms with van der Waals surface area (Å²) in [6.07, 6.45) is -0.675. The van der Waals surface area contributed by atoms with Crippen LogP contribution in [0.3, 0.4) is 0 Å². The molecule has 4 nitrogen and oxygen atoms in total. The second-order valence-corrected chi connectivity index (χ2v) is 2.88. The van der Waals surface area contributed by atoms with Crippen molar-refractivity contribution in [2.24, 2.45) is 0 Å². The number of carboxylic acids is 1. The minimum Gasteiger partial charge on any atom is -0.481 e. The minimum absolute atomic E-state index is 0.167. The van der Waals surface area contributed by atoms with E-state index in [1.165, 1.54) is 6.07 Å². The maximum atomic E-state index is 10.9. The SMILES string of the molecule is O=C(O)CC(=O)Oc1ccccc1Cl. The van der Waals surface area contributed by atoms with Gasteiger partial charge in [0.25, 0.3) is 0 Å². The molecule has 0 spiro atoms. The molecular weight excluding hydrogens is 208 g/mol. The molecule has 0 aliphatic rings. The maximum absolute atomic E-state index is 10.9. The van der Waals surface area contributed by atoms with Crippen LogP contribution in [0.15, 0.2) is 24.3 Å². The van der Waals surface area contributed by atoms with E-state index >= 15 is 0 Å². The number of carboxylic acid groups (broad SMARTS) is 1. The van der Waals surface area contributed by atoms with Crippen molar-refractivity contribution in [1.29, 1.82) is 0 Å². The molecule has 5 heteroatoms. The Morgan fingerprint density at radius 1 is 1.36 bits per heavy atom. The second-order valence-electron chi connectivity index (χ2n) is 2.48. The molecule has 14 heavy (non-hydrogen) atoms. The monoisotopic (exact) mass is 214 g/mol. The molecule has 1 rings (SSSR count). The van der Waals surface area contributed by atoms with E-state index in [1.807, 2.05) is 0 Å². The van der Waals surface area contributed by atoms with Crippen molar-refractivity contribution in [3.8, 4) is 5.75 Å². The fourth-order valence-corrected chi connectivity index (χ4v) is 0.984. The molecule has 0 aromatic heterocycles. The number of carbonyl (C=O) groups is 2. The first-order valence-electron chi connectivity index (χ1n) is 3.76. The molecule has 1 aromatic carbocycles. The number of esters is 1.